The van der Waals surface area contributed by atoms with Crippen LogP contribution in [0.2, 0.25) is 19.6 Å². The Kier molecular flexibility index (Phi) is 7.69. The highest BCUT2D eigenvalue weighted by Gasteiger charge is 2.60. The average molecular weight is 565 g/mol. The Bertz CT molecular complexity index is 1570. The first-order valence-electron chi connectivity index (χ1n) is 13.7. The molecule has 0 bridgehead atoms. The zero-order chi connectivity index (χ0) is 29.3. The number of anilines is 4. The van der Waals surface area contributed by atoms with Gasteiger partial charge in [-0.15, -0.1) is 5.54 Å². The second-order valence-electron chi connectivity index (χ2n) is 11.6. The van der Waals surface area contributed by atoms with E-state index in [0.717, 1.165) is 35.8 Å². The molecule has 0 spiro atoms. The number of para-hydroxylation sites is 1. The molecular weight excluding hydrogens is 528 g/mol. The van der Waals surface area contributed by atoms with Gasteiger partial charge in [0, 0.05) is 54.3 Å². The molecule has 1 aliphatic carbocycles. The van der Waals surface area contributed by atoms with Crippen molar-refractivity contribution in [2.24, 2.45) is 22.7 Å². The molecule has 1 aliphatic heterocycles. The van der Waals surface area contributed by atoms with Crippen LogP contribution in [0.5, 0.6) is 0 Å². The van der Waals surface area contributed by atoms with Gasteiger partial charge in [-0.1, -0.05) is 49.8 Å². The standard InChI is InChI=1S/C32H36N6O2Si/c1-35-17-24-22(9-7-11-27(24)33)30(34)23-10-6-8-20(14-15-41(3,4)5)31(23)37-21-12-13-28(36-16-21)38-18-25-26(19-38)29(25)32(39)40-2/h6-13,16-17,25-26,29,34,37H,18-19,33H2,1-5H3. The number of ether oxygens (including phenoxy) is 1. The maximum Gasteiger partial charge on any atom is 0.309 e. The normalized spacial score (nSPS) is 19.3. The minimum Gasteiger partial charge on any atom is -0.469 e. The monoisotopic (exact) mass is 564 g/mol. The lowest BCUT2D eigenvalue weighted by Crippen LogP contribution is -2.27. The molecular formula is C32H36N6O2Si. The number of carbonyl (C=O) groups is 1. The summed E-state index contributed by atoms with van der Waals surface area (Å²) in [6.45, 7) is 8.25. The van der Waals surface area contributed by atoms with Crippen molar-refractivity contribution in [3.05, 3.63) is 77.0 Å². The summed E-state index contributed by atoms with van der Waals surface area (Å²) in [6.07, 6.45) is 3.50. The number of nitrogens with zero attached hydrogens (tertiary/aromatic N) is 3. The number of nitrogens with one attached hydrogen (secondary N) is 2. The minimum absolute atomic E-state index is 0.0313. The zero-order valence-corrected chi connectivity index (χ0v) is 25.2. The molecule has 0 radical (unpaired) electrons. The molecule has 4 N–H and O–H groups in total. The lowest BCUT2D eigenvalue weighted by molar-refractivity contribution is -0.142. The molecule has 2 unspecified atom stereocenters. The molecule has 3 aromatic rings. The number of nitrogens with two attached hydrogens (primary N) is 1. The summed E-state index contributed by atoms with van der Waals surface area (Å²) < 4.78 is 4.93. The maximum atomic E-state index is 11.9. The Hall–Kier alpha value is -4.42. The third kappa shape index (κ3) is 5.88. The first kappa shape index (κ1) is 28.1. The van der Waals surface area contributed by atoms with Crippen molar-refractivity contribution in [1.29, 1.82) is 5.41 Å². The van der Waals surface area contributed by atoms with Crippen molar-refractivity contribution < 1.29 is 9.53 Å². The molecule has 210 valence electrons. The van der Waals surface area contributed by atoms with E-state index in [4.69, 9.17) is 15.5 Å². The number of piperidine rings is 1. The molecule has 2 fully saturated rings. The van der Waals surface area contributed by atoms with Gasteiger partial charge in [-0.2, -0.15) is 0 Å². The van der Waals surface area contributed by atoms with Gasteiger partial charge in [-0.3, -0.25) is 15.2 Å². The van der Waals surface area contributed by atoms with Gasteiger partial charge >= 0.3 is 5.97 Å². The quantitative estimate of drug-likeness (QED) is 0.123. The third-order valence-corrected chi connectivity index (χ3v) is 8.46. The van der Waals surface area contributed by atoms with E-state index >= 15 is 0 Å². The van der Waals surface area contributed by atoms with Crippen molar-refractivity contribution in [2.75, 3.05) is 43.2 Å². The summed E-state index contributed by atoms with van der Waals surface area (Å²) in [4.78, 5) is 23.0. The van der Waals surface area contributed by atoms with Gasteiger partial charge in [0.05, 0.1) is 36.3 Å². The molecule has 0 amide bonds. The number of benzene rings is 2. The highest BCUT2D eigenvalue weighted by molar-refractivity contribution is 6.83. The van der Waals surface area contributed by atoms with Crippen LogP contribution in [0.25, 0.3) is 0 Å². The average Bonchev–Trinajstić information content (AvgIpc) is 3.45. The maximum absolute atomic E-state index is 11.9. The number of pyridine rings is 1. The van der Waals surface area contributed by atoms with Crippen LogP contribution in [-0.2, 0) is 9.53 Å². The molecule has 2 aromatic carbocycles. The Morgan fingerprint density at radius 1 is 1.15 bits per heavy atom. The van der Waals surface area contributed by atoms with Crippen LogP contribution in [0, 0.1) is 34.6 Å². The number of rotatable bonds is 7. The van der Waals surface area contributed by atoms with Crippen LogP contribution in [0.3, 0.4) is 0 Å². The van der Waals surface area contributed by atoms with Crippen LogP contribution in [0.1, 0.15) is 22.3 Å². The highest BCUT2D eigenvalue weighted by atomic mass is 28.3. The first-order chi connectivity index (χ1) is 19.6. The summed E-state index contributed by atoms with van der Waals surface area (Å²) in [5.41, 5.74) is 15.1. The number of methoxy groups -OCH3 is 1. The summed E-state index contributed by atoms with van der Waals surface area (Å²) in [5.74, 6) is 4.90. The molecule has 1 aromatic heterocycles. The van der Waals surface area contributed by atoms with Crippen molar-refractivity contribution in [3.63, 3.8) is 0 Å². The Morgan fingerprint density at radius 2 is 1.85 bits per heavy atom. The van der Waals surface area contributed by atoms with Crippen LogP contribution in [0.15, 0.2) is 59.7 Å². The number of hydrogen-bond acceptors (Lipinski definition) is 8. The van der Waals surface area contributed by atoms with E-state index in [-0.39, 0.29) is 11.9 Å². The Morgan fingerprint density at radius 3 is 2.49 bits per heavy atom. The topological polar surface area (TPSA) is 117 Å². The number of aromatic nitrogens is 1. The van der Waals surface area contributed by atoms with Crippen molar-refractivity contribution in [3.8, 4) is 11.5 Å². The van der Waals surface area contributed by atoms with E-state index in [0.29, 0.717) is 39.9 Å². The molecule has 5 rings (SSSR count). The van der Waals surface area contributed by atoms with E-state index in [1.807, 2.05) is 54.7 Å². The van der Waals surface area contributed by atoms with E-state index in [1.54, 1.807) is 13.3 Å². The van der Waals surface area contributed by atoms with Crippen molar-refractivity contribution >= 4 is 48.8 Å². The number of carbonyl (C=O) groups excluding carboxylic acids is 1. The summed E-state index contributed by atoms with van der Waals surface area (Å²) in [6, 6.07) is 15.4. The molecule has 9 heteroatoms. The minimum atomic E-state index is -1.65. The van der Waals surface area contributed by atoms with Crippen LogP contribution < -0.4 is 16.0 Å². The number of nitrogen functional groups attached to an aromatic ring is 1. The van der Waals surface area contributed by atoms with Crippen LogP contribution in [0.4, 0.5) is 22.9 Å². The second-order valence-corrected chi connectivity index (χ2v) is 16.4. The van der Waals surface area contributed by atoms with Gasteiger partial charge in [0.15, 0.2) is 0 Å². The van der Waals surface area contributed by atoms with Crippen LogP contribution in [-0.4, -0.2) is 58.2 Å². The van der Waals surface area contributed by atoms with E-state index < -0.39 is 8.07 Å². The second kappa shape index (κ2) is 11.2. The van der Waals surface area contributed by atoms with Gasteiger partial charge in [0.2, 0.25) is 0 Å². The van der Waals surface area contributed by atoms with E-state index in [2.05, 4.69) is 46.3 Å². The predicted molar refractivity (Wildman–Crippen MR) is 169 cm³/mol. The molecule has 8 nitrogen and oxygen atoms in total. The predicted octanol–water partition coefficient (Wildman–Crippen LogP) is 4.96. The number of aliphatic imine (C=N–C) groups is 1. The first-order valence-corrected chi connectivity index (χ1v) is 17.2. The van der Waals surface area contributed by atoms with Crippen molar-refractivity contribution in [1.82, 2.24) is 4.98 Å². The molecule has 41 heavy (non-hydrogen) atoms. The Balaban J connectivity index is 1.45. The van der Waals surface area contributed by atoms with Gasteiger partial charge in [0.1, 0.15) is 13.9 Å². The van der Waals surface area contributed by atoms with E-state index in [1.165, 1.54) is 7.11 Å². The summed E-state index contributed by atoms with van der Waals surface area (Å²) >= 11 is 0. The van der Waals surface area contributed by atoms with Crippen molar-refractivity contribution in [2.45, 2.75) is 19.6 Å². The fraction of sp³-hybridized carbons (Fsp3) is 0.312. The van der Waals surface area contributed by atoms with Gasteiger partial charge in [-0.05, 0) is 36.1 Å². The lowest BCUT2D eigenvalue weighted by atomic mass is 9.94. The molecule has 2 heterocycles. The molecule has 1 saturated carbocycles. The summed E-state index contributed by atoms with van der Waals surface area (Å²) in [7, 11) is 1.49. The molecule has 2 aliphatic rings. The van der Waals surface area contributed by atoms with Gasteiger partial charge in [-0.25, -0.2) is 4.98 Å². The SMILES string of the molecule is CN=Cc1c(N)cccc1C(=N)c1cccc(C#C[Si](C)(C)C)c1Nc1ccc(N2CC3C(C2)C3C(=O)OC)nc1. The fourth-order valence-corrected chi connectivity index (χ4v) is 5.97. The smallest absolute Gasteiger partial charge is 0.309 e. The molecule has 2 atom stereocenters. The van der Waals surface area contributed by atoms with Gasteiger partial charge < -0.3 is 20.7 Å². The lowest BCUT2D eigenvalue weighted by Gasteiger charge is -2.21. The molecule has 1 saturated heterocycles. The van der Waals surface area contributed by atoms with Crippen LogP contribution >= 0.6 is 0 Å². The Labute approximate surface area is 242 Å². The largest absolute Gasteiger partial charge is 0.469 e. The van der Waals surface area contributed by atoms with E-state index in [9.17, 15) is 10.2 Å². The number of esters is 1. The fourth-order valence-electron chi connectivity index (χ4n) is 5.46. The number of hydrogen-bond donors (Lipinski definition) is 3. The third-order valence-electron chi connectivity index (χ3n) is 7.58. The number of fused-ring (bicyclic) bond motifs is 1. The summed E-state index contributed by atoms with van der Waals surface area (Å²) in [5, 5.41) is 12.7. The zero-order valence-electron chi connectivity index (χ0n) is 24.2. The van der Waals surface area contributed by atoms with Gasteiger partial charge in [0.25, 0.3) is 0 Å². The highest BCUT2D eigenvalue weighted by Crippen LogP contribution is 2.52.